The Labute approximate surface area is 128 Å². The second-order valence-corrected chi connectivity index (χ2v) is 6.07. The van der Waals surface area contributed by atoms with Gasteiger partial charge >= 0.3 is 0 Å². The molecule has 0 spiro atoms. The Hall–Kier alpha value is -1.13. The first-order valence-corrected chi connectivity index (χ1v) is 8.12. The molecule has 0 bridgehead atoms. The van der Waals surface area contributed by atoms with Crippen LogP contribution in [0, 0.1) is 5.41 Å². The van der Waals surface area contributed by atoms with Gasteiger partial charge in [0, 0.05) is 39.5 Å². The molecule has 1 aliphatic heterocycles. The number of nitrogens with one attached hydrogen (secondary N) is 1. The topological polar surface area (TPSA) is 37.4 Å². The van der Waals surface area contributed by atoms with Gasteiger partial charge < -0.3 is 15.0 Å². The van der Waals surface area contributed by atoms with E-state index in [9.17, 15) is 0 Å². The summed E-state index contributed by atoms with van der Waals surface area (Å²) in [4.78, 5) is 7.09. The summed E-state index contributed by atoms with van der Waals surface area (Å²) in [6.45, 7) is 9.39. The number of ether oxygens (including phenoxy) is 1. The fourth-order valence-electron chi connectivity index (χ4n) is 3.07. The number of pyridine rings is 1. The predicted molar refractivity (Wildman–Crippen MR) is 87.7 cm³/mol. The molecule has 4 nitrogen and oxygen atoms in total. The lowest BCUT2D eigenvalue weighted by molar-refractivity contribution is 0.199. The van der Waals surface area contributed by atoms with Crippen LogP contribution in [0.2, 0.25) is 0 Å². The molecule has 0 amide bonds. The Bertz CT molecular complexity index is 415. The maximum Gasteiger partial charge on any atom is 0.128 e. The first-order valence-electron chi connectivity index (χ1n) is 8.12. The van der Waals surface area contributed by atoms with Crippen molar-refractivity contribution in [1.82, 2.24) is 10.3 Å². The number of nitrogens with zero attached hydrogens (tertiary/aromatic N) is 2. The molecule has 4 heteroatoms. The fraction of sp³-hybridized carbons (Fsp3) is 0.706. The second-order valence-electron chi connectivity index (χ2n) is 6.07. The van der Waals surface area contributed by atoms with Crippen molar-refractivity contribution in [3.05, 3.63) is 23.9 Å². The summed E-state index contributed by atoms with van der Waals surface area (Å²) in [5.41, 5.74) is 1.73. The van der Waals surface area contributed by atoms with Crippen LogP contribution in [0.1, 0.15) is 38.7 Å². The Kier molecular flexibility index (Phi) is 6.00. The van der Waals surface area contributed by atoms with Gasteiger partial charge in [0.05, 0.1) is 6.61 Å². The molecule has 1 fully saturated rings. The van der Waals surface area contributed by atoms with E-state index in [0.29, 0.717) is 5.41 Å². The van der Waals surface area contributed by atoms with E-state index >= 15 is 0 Å². The molecule has 118 valence electrons. The molecule has 0 saturated carbocycles. The highest BCUT2D eigenvalue weighted by Gasteiger charge is 2.35. The van der Waals surface area contributed by atoms with Crippen molar-refractivity contribution in [3.63, 3.8) is 0 Å². The highest BCUT2D eigenvalue weighted by Crippen LogP contribution is 2.38. The average Bonchev–Trinajstić information content (AvgIpc) is 2.97. The fourth-order valence-corrected chi connectivity index (χ4v) is 3.07. The van der Waals surface area contributed by atoms with Crippen LogP contribution in [0.3, 0.4) is 0 Å². The van der Waals surface area contributed by atoms with Crippen molar-refractivity contribution in [2.45, 2.75) is 39.7 Å². The van der Waals surface area contributed by atoms with E-state index < -0.39 is 0 Å². The zero-order chi connectivity index (χ0) is 15.1. The third kappa shape index (κ3) is 4.17. The predicted octanol–water partition coefficient (Wildman–Crippen LogP) is 2.83. The third-order valence-corrected chi connectivity index (χ3v) is 4.88. The van der Waals surface area contributed by atoms with Gasteiger partial charge in [0.1, 0.15) is 5.82 Å². The first-order chi connectivity index (χ1) is 10.2. The molecule has 0 aromatic carbocycles. The van der Waals surface area contributed by atoms with Gasteiger partial charge in [-0.15, -0.1) is 0 Å². The van der Waals surface area contributed by atoms with Gasteiger partial charge in [-0.1, -0.05) is 19.9 Å². The minimum atomic E-state index is 0.502. The summed E-state index contributed by atoms with van der Waals surface area (Å²) in [6, 6.07) is 4.34. The molecule has 0 radical (unpaired) electrons. The van der Waals surface area contributed by atoms with E-state index in [2.05, 4.69) is 41.2 Å². The molecule has 21 heavy (non-hydrogen) atoms. The molecule has 1 aromatic rings. The van der Waals surface area contributed by atoms with Crippen molar-refractivity contribution in [2.75, 3.05) is 38.3 Å². The zero-order valence-corrected chi connectivity index (χ0v) is 13.7. The van der Waals surface area contributed by atoms with Crippen molar-refractivity contribution in [1.29, 1.82) is 0 Å². The molecule has 2 heterocycles. The molecular weight excluding hydrogens is 262 g/mol. The quantitative estimate of drug-likeness (QED) is 0.747. The van der Waals surface area contributed by atoms with Crippen LogP contribution >= 0.6 is 0 Å². The molecular formula is C17H29N3O. The van der Waals surface area contributed by atoms with Gasteiger partial charge in [0.15, 0.2) is 0 Å². The normalized spacial score (nSPS) is 17.4. The van der Waals surface area contributed by atoms with E-state index in [-0.39, 0.29) is 0 Å². The smallest absolute Gasteiger partial charge is 0.128 e. The molecule has 0 unspecified atom stereocenters. The summed E-state index contributed by atoms with van der Waals surface area (Å²) in [5, 5.41) is 3.34. The van der Waals surface area contributed by atoms with Crippen molar-refractivity contribution in [2.24, 2.45) is 5.41 Å². The maximum absolute atomic E-state index is 5.02. The Morgan fingerprint density at radius 1 is 1.33 bits per heavy atom. The number of hydrogen-bond acceptors (Lipinski definition) is 4. The summed E-state index contributed by atoms with van der Waals surface area (Å²) in [7, 11) is 1.72. The molecule has 0 atom stereocenters. The van der Waals surface area contributed by atoms with Crippen LogP contribution in [0.5, 0.6) is 0 Å². The lowest BCUT2D eigenvalue weighted by Crippen LogP contribution is -2.26. The van der Waals surface area contributed by atoms with Crippen molar-refractivity contribution in [3.8, 4) is 0 Å². The van der Waals surface area contributed by atoms with Gasteiger partial charge in [-0.25, -0.2) is 4.98 Å². The highest BCUT2D eigenvalue weighted by molar-refractivity contribution is 5.41. The van der Waals surface area contributed by atoms with Gasteiger partial charge in [-0.3, -0.25) is 0 Å². The number of rotatable bonds is 8. The zero-order valence-electron chi connectivity index (χ0n) is 13.7. The van der Waals surface area contributed by atoms with E-state index in [1.54, 1.807) is 7.11 Å². The molecule has 0 aliphatic carbocycles. The molecule has 1 N–H and O–H groups in total. The second kappa shape index (κ2) is 7.76. The van der Waals surface area contributed by atoms with E-state index in [4.69, 9.17) is 4.74 Å². The van der Waals surface area contributed by atoms with Gasteiger partial charge in [-0.2, -0.15) is 0 Å². The first kappa shape index (κ1) is 16.2. The van der Waals surface area contributed by atoms with E-state index in [1.807, 2.05) is 6.20 Å². The third-order valence-electron chi connectivity index (χ3n) is 4.88. The van der Waals surface area contributed by atoms with Crippen LogP contribution in [0.25, 0.3) is 0 Å². The average molecular weight is 291 g/mol. The van der Waals surface area contributed by atoms with Gasteiger partial charge in [0.25, 0.3) is 0 Å². The summed E-state index contributed by atoms with van der Waals surface area (Å²) >= 11 is 0. The highest BCUT2D eigenvalue weighted by atomic mass is 16.5. The SMILES string of the molecule is CCC1(CC)CCN(c2ccc(CNCCOC)cn2)C1. The molecule has 1 aromatic heterocycles. The molecule has 2 rings (SSSR count). The number of aromatic nitrogens is 1. The largest absolute Gasteiger partial charge is 0.383 e. The molecule has 1 aliphatic rings. The van der Waals surface area contributed by atoms with Crippen LogP contribution in [-0.2, 0) is 11.3 Å². The minimum absolute atomic E-state index is 0.502. The van der Waals surface area contributed by atoms with Crippen LogP contribution in [-0.4, -0.2) is 38.3 Å². The van der Waals surface area contributed by atoms with Crippen LogP contribution in [0.15, 0.2) is 18.3 Å². The summed E-state index contributed by atoms with van der Waals surface area (Å²) in [5.74, 6) is 1.12. The number of methoxy groups -OCH3 is 1. The van der Waals surface area contributed by atoms with E-state index in [0.717, 1.165) is 38.6 Å². The van der Waals surface area contributed by atoms with Gasteiger partial charge in [-0.05, 0) is 36.3 Å². The van der Waals surface area contributed by atoms with Crippen molar-refractivity contribution < 1.29 is 4.74 Å². The van der Waals surface area contributed by atoms with Crippen LogP contribution in [0.4, 0.5) is 5.82 Å². The maximum atomic E-state index is 5.02. The Morgan fingerprint density at radius 2 is 2.14 bits per heavy atom. The Morgan fingerprint density at radius 3 is 2.71 bits per heavy atom. The Balaban J connectivity index is 1.88. The number of anilines is 1. The minimum Gasteiger partial charge on any atom is -0.383 e. The van der Waals surface area contributed by atoms with Crippen LogP contribution < -0.4 is 10.2 Å². The standard InChI is InChI=1S/C17H29N3O/c1-4-17(5-2)8-10-20(14-17)16-7-6-15(13-19-16)12-18-9-11-21-3/h6-7,13,18H,4-5,8-12,14H2,1-3H3. The summed E-state index contributed by atoms with van der Waals surface area (Å²) < 4.78 is 5.02. The molecule has 1 saturated heterocycles. The van der Waals surface area contributed by atoms with Gasteiger partial charge in [0.2, 0.25) is 0 Å². The monoisotopic (exact) mass is 291 g/mol. The van der Waals surface area contributed by atoms with Crippen molar-refractivity contribution >= 4 is 5.82 Å². The lowest BCUT2D eigenvalue weighted by atomic mass is 9.82. The summed E-state index contributed by atoms with van der Waals surface area (Å²) in [6.07, 6.45) is 5.82. The number of hydrogen-bond donors (Lipinski definition) is 1. The van der Waals surface area contributed by atoms with E-state index in [1.165, 1.54) is 24.8 Å². The lowest BCUT2D eigenvalue weighted by Gasteiger charge is -2.26.